The van der Waals surface area contributed by atoms with Crippen molar-refractivity contribution in [3.63, 3.8) is 0 Å². The van der Waals surface area contributed by atoms with Gasteiger partial charge in [0.25, 0.3) is 0 Å². The van der Waals surface area contributed by atoms with Crippen LogP contribution in [0.4, 0.5) is 11.4 Å². The van der Waals surface area contributed by atoms with E-state index in [9.17, 15) is 4.79 Å². The molecule has 1 aliphatic heterocycles. The van der Waals surface area contributed by atoms with E-state index < -0.39 is 0 Å². The summed E-state index contributed by atoms with van der Waals surface area (Å²) in [5.74, 6) is 1.17. The highest BCUT2D eigenvalue weighted by atomic mass is 32.2. The van der Waals surface area contributed by atoms with Crippen LogP contribution in [-0.2, 0) is 9.53 Å². The van der Waals surface area contributed by atoms with Crippen LogP contribution in [0.15, 0.2) is 53.4 Å². The van der Waals surface area contributed by atoms with Crippen molar-refractivity contribution in [3.8, 4) is 5.75 Å². The number of benzene rings is 2. The average Bonchev–Trinajstić information content (AvgIpc) is 2.68. The van der Waals surface area contributed by atoms with Crippen molar-refractivity contribution in [3.05, 3.63) is 48.5 Å². The van der Waals surface area contributed by atoms with E-state index in [1.54, 1.807) is 7.11 Å². The molecule has 25 heavy (non-hydrogen) atoms. The molecule has 1 aliphatic rings. The molecule has 6 heteroatoms. The Labute approximate surface area is 152 Å². The van der Waals surface area contributed by atoms with Gasteiger partial charge in [0.15, 0.2) is 0 Å². The zero-order valence-corrected chi connectivity index (χ0v) is 15.1. The van der Waals surface area contributed by atoms with Gasteiger partial charge in [-0.25, -0.2) is 0 Å². The van der Waals surface area contributed by atoms with Crippen LogP contribution >= 0.6 is 11.8 Å². The Kier molecular flexibility index (Phi) is 6.19. The van der Waals surface area contributed by atoms with E-state index in [4.69, 9.17) is 9.47 Å². The number of anilines is 2. The van der Waals surface area contributed by atoms with E-state index in [1.807, 2.05) is 48.5 Å². The van der Waals surface area contributed by atoms with Crippen LogP contribution in [0.3, 0.4) is 0 Å². The first-order valence-electron chi connectivity index (χ1n) is 8.24. The number of hydrogen-bond donors (Lipinski definition) is 1. The second-order valence-corrected chi connectivity index (χ2v) is 6.71. The largest absolute Gasteiger partial charge is 0.497 e. The molecule has 0 spiro atoms. The number of rotatable bonds is 6. The van der Waals surface area contributed by atoms with Crippen LogP contribution in [0.5, 0.6) is 5.75 Å². The van der Waals surface area contributed by atoms with Crippen molar-refractivity contribution in [2.24, 2.45) is 0 Å². The van der Waals surface area contributed by atoms with Crippen LogP contribution in [0.2, 0.25) is 0 Å². The normalized spacial score (nSPS) is 14.2. The molecule has 0 aromatic heterocycles. The van der Waals surface area contributed by atoms with E-state index in [2.05, 4.69) is 10.2 Å². The van der Waals surface area contributed by atoms with Crippen LogP contribution in [-0.4, -0.2) is 45.1 Å². The minimum absolute atomic E-state index is 0.0139. The van der Waals surface area contributed by atoms with E-state index in [1.165, 1.54) is 11.8 Å². The zero-order chi connectivity index (χ0) is 17.5. The van der Waals surface area contributed by atoms with E-state index in [0.29, 0.717) is 5.75 Å². The molecule has 2 aromatic rings. The Bertz CT molecular complexity index is 683. The van der Waals surface area contributed by atoms with Crippen molar-refractivity contribution in [2.45, 2.75) is 4.90 Å². The first-order chi connectivity index (χ1) is 12.2. The molecule has 1 N–H and O–H groups in total. The highest BCUT2D eigenvalue weighted by Crippen LogP contribution is 2.22. The summed E-state index contributed by atoms with van der Waals surface area (Å²) in [6.07, 6.45) is 0. The predicted molar refractivity (Wildman–Crippen MR) is 102 cm³/mol. The van der Waals surface area contributed by atoms with Crippen LogP contribution in [0.1, 0.15) is 0 Å². The first-order valence-corrected chi connectivity index (χ1v) is 9.22. The number of morpholine rings is 1. The van der Waals surface area contributed by atoms with Crippen molar-refractivity contribution in [2.75, 3.05) is 49.4 Å². The number of thioether (sulfide) groups is 1. The van der Waals surface area contributed by atoms with Gasteiger partial charge in [0.05, 0.1) is 26.1 Å². The lowest BCUT2D eigenvalue weighted by molar-refractivity contribution is -0.113. The molecular weight excluding hydrogens is 336 g/mol. The number of amides is 1. The summed E-state index contributed by atoms with van der Waals surface area (Å²) in [6, 6.07) is 15.7. The summed E-state index contributed by atoms with van der Waals surface area (Å²) in [6.45, 7) is 3.34. The van der Waals surface area contributed by atoms with Crippen LogP contribution < -0.4 is 15.0 Å². The fraction of sp³-hybridized carbons (Fsp3) is 0.316. The number of carbonyl (C=O) groups is 1. The standard InChI is InChI=1S/C19H22N2O3S/c1-23-17-6-8-18(9-7-17)25-14-19(22)20-15-2-4-16(5-3-15)21-10-12-24-13-11-21/h2-9H,10-14H2,1H3,(H,20,22). The van der Waals surface area contributed by atoms with Gasteiger partial charge in [0.2, 0.25) is 5.91 Å². The minimum Gasteiger partial charge on any atom is -0.497 e. The highest BCUT2D eigenvalue weighted by Gasteiger charge is 2.11. The molecule has 0 atom stereocenters. The summed E-state index contributed by atoms with van der Waals surface area (Å²) in [5.41, 5.74) is 1.98. The Morgan fingerprint density at radius 2 is 1.80 bits per heavy atom. The lowest BCUT2D eigenvalue weighted by Crippen LogP contribution is -2.36. The molecule has 1 fully saturated rings. The molecule has 0 saturated carbocycles. The smallest absolute Gasteiger partial charge is 0.234 e. The number of nitrogens with one attached hydrogen (secondary N) is 1. The maximum atomic E-state index is 12.1. The average molecular weight is 358 g/mol. The Morgan fingerprint density at radius 3 is 2.44 bits per heavy atom. The van der Waals surface area contributed by atoms with Gasteiger partial charge in [0, 0.05) is 29.4 Å². The molecule has 0 bridgehead atoms. The minimum atomic E-state index is -0.0139. The Hall–Kier alpha value is -2.18. The molecule has 0 unspecified atom stereocenters. The fourth-order valence-electron chi connectivity index (χ4n) is 2.60. The molecule has 0 radical (unpaired) electrons. The molecule has 1 saturated heterocycles. The van der Waals surface area contributed by atoms with Crippen molar-refractivity contribution in [1.29, 1.82) is 0 Å². The second-order valence-electron chi connectivity index (χ2n) is 5.66. The second kappa shape index (κ2) is 8.78. The van der Waals surface area contributed by atoms with Gasteiger partial charge in [0.1, 0.15) is 5.75 Å². The molecule has 3 rings (SSSR count). The molecular formula is C19H22N2O3S. The monoisotopic (exact) mass is 358 g/mol. The molecule has 5 nitrogen and oxygen atoms in total. The first kappa shape index (κ1) is 17.6. The molecule has 1 heterocycles. The van der Waals surface area contributed by atoms with Crippen LogP contribution in [0, 0.1) is 0 Å². The summed E-state index contributed by atoms with van der Waals surface area (Å²) < 4.78 is 10.5. The van der Waals surface area contributed by atoms with Gasteiger partial charge in [-0.15, -0.1) is 11.8 Å². The highest BCUT2D eigenvalue weighted by molar-refractivity contribution is 8.00. The number of carbonyl (C=O) groups excluding carboxylic acids is 1. The summed E-state index contributed by atoms with van der Waals surface area (Å²) in [7, 11) is 1.64. The van der Waals surface area contributed by atoms with Crippen molar-refractivity contribution < 1.29 is 14.3 Å². The van der Waals surface area contributed by atoms with Crippen molar-refractivity contribution in [1.82, 2.24) is 0 Å². The SMILES string of the molecule is COc1ccc(SCC(=O)Nc2ccc(N3CCOCC3)cc2)cc1. The van der Waals surface area contributed by atoms with Gasteiger partial charge >= 0.3 is 0 Å². The van der Waals surface area contributed by atoms with E-state index >= 15 is 0 Å². The quantitative estimate of drug-likeness (QED) is 0.803. The van der Waals surface area contributed by atoms with Crippen molar-refractivity contribution >= 4 is 29.0 Å². The Morgan fingerprint density at radius 1 is 1.12 bits per heavy atom. The zero-order valence-electron chi connectivity index (χ0n) is 14.2. The topological polar surface area (TPSA) is 50.8 Å². The number of methoxy groups -OCH3 is 1. The molecule has 2 aromatic carbocycles. The van der Waals surface area contributed by atoms with E-state index in [0.717, 1.165) is 48.3 Å². The third-order valence-corrected chi connectivity index (χ3v) is 4.97. The van der Waals surface area contributed by atoms with Gasteiger partial charge in [-0.1, -0.05) is 0 Å². The van der Waals surface area contributed by atoms with Gasteiger partial charge in [-0.05, 0) is 48.5 Å². The lowest BCUT2D eigenvalue weighted by Gasteiger charge is -2.28. The van der Waals surface area contributed by atoms with Gasteiger partial charge in [-0.3, -0.25) is 4.79 Å². The maximum absolute atomic E-state index is 12.1. The summed E-state index contributed by atoms with van der Waals surface area (Å²) in [4.78, 5) is 15.4. The number of ether oxygens (including phenoxy) is 2. The third-order valence-electron chi connectivity index (χ3n) is 3.96. The fourth-order valence-corrected chi connectivity index (χ4v) is 3.29. The molecule has 132 valence electrons. The molecule has 1 amide bonds. The lowest BCUT2D eigenvalue weighted by atomic mass is 10.2. The van der Waals surface area contributed by atoms with E-state index in [-0.39, 0.29) is 5.91 Å². The van der Waals surface area contributed by atoms with Crippen LogP contribution in [0.25, 0.3) is 0 Å². The maximum Gasteiger partial charge on any atom is 0.234 e. The van der Waals surface area contributed by atoms with Gasteiger partial charge < -0.3 is 19.7 Å². The summed E-state index contributed by atoms with van der Waals surface area (Å²) in [5, 5.41) is 2.94. The Balaban J connectivity index is 1.48. The summed E-state index contributed by atoms with van der Waals surface area (Å²) >= 11 is 1.50. The number of hydrogen-bond acceptors (Lipinski definition) is 5. The number of nitrogens with zero attached hydrogens (tertiary/aromatic N) is 1. The third kappa shape index (κ3) is 5.14. The predicted octanol–water partition coefficient (Wildman–Crippen LogP) is 3.26. The molecule has 0 aliphatic carbocycles. The van der Waals surface area contributed by atoms with Gasteiger partial charge in [-0.2, -0.15) is 0 Å².